The highest BCUT2D eigenvalue weighted by Crippen LogP contribution is 2.15. The number of hydrogen-bond donors (Lipinski definition) is 0. The summed E-state index contributed by atoms with van der Waals surface area (Å²) in [5.41, 5.74) is 2.05. The van der Waals surface area contributed by atoms with Crippen LogP contribution < -0.4 is 0 Å². The Morgan fingerprint density at radius 1 is 1.17 bits per heavy atom. The van der Waals surface area contributed by atoms with Crippen molar-refractivity contribution in [2.24, 2.45) is 5.10 Å². The summed E-state index contributed by atoms with van der Waals surface area (Å²) in [5.74, 6) is 0.592. The van der Waals surface area contributed by atoms with E-state index in [9.17, 15) is 4.39 Å². The van der Waals surface area contributed by atoms with E-state index in [1.807, 2.05) is 19.9 Å². The van der Waals surface area contributed by atoms with E-state index in [0.29, 0.717) is 16.8 Å². The zero-order valence-corrected chi connectivity index (χ0v) is 13.6. The number of benzene rings is 1. The van der Waals surface area contributed by atoms with E-state index in [1.165, 1.54) is 29.1 Å². The van der Waals surface area contributed by atoms with Gasteiger partial charge in [-0.3, -0.25) is 0 Å². The average molecular weight is 333 g/mol. The van der Waals surface area contributed by atoms with Crippen LogP contribution in [-0.4, -0.2) is 30.9 Å². The standard InChI is InChI=1S/C15H14ClFN6/c1-9-6-10(2)22(21-9)15-20-19-11(3)23(15)18-8-12-7-13(16)4-5-14(12)17/h4-8H,1-3H3. The number of nitrogens with zero attached hydrogens (tertiary/aromatic N) is 6. The molecule has 2 aromatic heterocycles. The van der Waals surface area contributed by atoms with E-state index in [0.717, 1.165) is 11.4 Å². The second-order valence-electron chi connectivity index (χ2n) is 5.11. The fourth-order valence-electron chi connectivity index (χ4n) is 2.18. The Balaban J connectivity index is 2.04. The molecule has 0 aliphatic rings. The van der Waals surface area contributed by atoms with Gasteiger partial charge in [-0.25, -0.2) is 9.07 Å². The molecule has 0 saturated heterocycles. The molecule has 0 atom stereocenters. The molecule has 2 heterocycles. The molecule has 0 bridgehead atoms. The van der Waals surface area contributed by atoms with Crippen molar-refractivity contribution >= 4 is 17.8 Å². The molecule has 0 aliphatic heterocycles. The lowest BCUT2D eigenvalue weighted by Gasteiger charge is -2.04. The molecule has 1 aromatic carbocycles. The van der Waals surface area contributed by atoms with E-state index in [-0.39, 0.29) is 5.56 Å². The maximum atomic E-state index is 13.8. The summed E-state index contributed by atoms with van der Waals surface area (Å²) in [6.07, 6.45) is 1.38. The third-order valence-electron chi connectivity index (χ3n) is 3.25. The molecule has 6 nitrogen and oxygen atoms in total. The number of hydrogen-bond acceptors (Lipinski definition) is 4. The van der Waals surface area contributed by atoms with Crippen molar-refractivity contribution in [2.75, 3.05) is 0 Å². The molecule has 0 aliphatic carbocycles. The van der Waals surface area contributed by atoms with Gasteiger partial charge in [-0.15, -0.1) is 10.2 Å². The summed E-state index contributed by atoms with van der Waals surface area (Å²) in [6.45, 7) is 5.56. The van der Waals surface area contributed by atoms with Crippen molar-refractivity contribution in [1.29, 1.82) is 0 Å². The summed E-state index contributed by atoms with van der Waals surface area (Å²) in [4.78, 5) is 0. The molecule has 0 N–H and O–H groups in total. The molecular formula is C15H14ClFN6. The van der Waals surface area contributed by atoms with Crippen LogP contribution in [-0.2, 0) is 0 Å². The highest BCUT2D eigenvalue weighted by Gasteiger charge is 2.13. The second kappa shape index (κ2) is 5.92. The van der Waals surface area contributed by atoms with Crippen LogP contribution in [0.3, 0.4) is 0 Å². The summed E-state index contributed by atoms with van der Waals surface area (Å²) < 4.78 is 16.9. The van der Waals surface area contributed by atoms with Crippen LogP contribution in [0, 0.1) is 26.6 Å². The first-order valence-electron chi connectivity index (χ1n) is 6.91. The van der Waals surface area contributed by atoms with E-state index in [2.05, 4.69) is 20.4 Å². The molecule has 0 fully saturated rings. The molecule has 0 radical (unpaired) electrons. The van der Waals surface area contributed by atoms with Gasteiger partial charge in [0.2, 0.25) is 0 Å². The lowest BCUT2D eigenvalue weighted by molar-refractivity contribution is 0.625. The maximum Gasteiger partial charge on any atom is 0.273 e. The average Bonchev–Trinajstić information content (AvgIpc) is 3.02. The van der Waals surface area contributed by atoms with E-state index in [4.69, 9.17) is 11.6 Å². The quantitative estimate of drug-likeness (QED) is 0.692. The summed E-state index contributed by atoms with van der Waals surface area (Å²) in [7, 11) is 0. The monoisotopic (exact) mass is 332 g/mol. The van der Waals surface area contributed by atoms with Crippen molar-refractivity contribution in [3.63, 3.8) is 0 Å². The molecule has 3 rings (SSSR count). The largest absolute Gasteiger partial charge is 0.273 e. The van der Waals surface area contributed by atoms with Crippen molar-refractivity contribution in [2.45, 2.75) is 20.8 Å². The smallest absolute Gasteiger partial charge is 0.206 e. The van der Waals surface area contributed by atoms with E-state index in [1.54, 1.807) is 11.6 Å². The molecule has 0 spiro atoms. The summed E-state index contributed by atoms with van der Waals surface area (Å²) in [6, 6.07) is 6.21. The zero-order chi connectivity index (χ0) is 16.6. The van der Waals surface area contributed by atoms with Crippen LogP contribution in [0.4, 0.5) is 4.39 Å². The van der Waals surface area contributed by atoms with Gasteiger partial charge >= 0.3 is 0 Å². The minimum Gasteiger partial charge on any atom is -0.206 e. The van der Waals surface area contributed by atoms with Crippen molar-refractivity contribution < 1.29 is 4.39 Å². The molecule has 8 heteroatoms. The SMILES string of the molecule is Cc1cc(C)n(-c2nnc(C)n2N=Cc2cc(Cl)ccc2F)n1. The first-order valence-corrected chi connectivity index (χ1v) is 7.28. The van der Waals surface area contributed by atoms with E-state index >= 15 is 0 Å². The Hall–Kier alpha value is -2.54. The van der Waals surface area contributed by atoms with Gasteiger partial charge in [-0.1, -0.05) is 11.6 Å². The fraction of sp³-hybridized carbons (Fsp3) is 0.200. The van der Waals surface area contributed by atoms with Crippen LogP contribution in [0.15, 0.2) is 29.4 Å². The predicted octanol–water partition coefficient (Wildman–Crippen LogP) is 3.06. The first kappa shape index (κ1) is 15.4. The maximum absolute atomic E-state index is 13.8. The molecule has 3 aromatic rings. The number of halogens is 2. The van der Waals surface area contributed by atoms with Crippen LogP contribution in [0.5, 0.6) is 0 Å². The third kappa shape index (κ3) is 3.00. The lowest BCUT2D eigenvalue weighted by atomic mass is 10.2. The Kier molecular flexibility index (Phi) is 3.96. The molecular weight excluding hydrogens is 319 g/mol. The van der Waals surface area contributed by atoms with Gasteiger partial charge in [0.05, 0.1) is 11.9 Å². The molecule has 23 heavy (non-hydrogen) atoms. The Morgan fingerprint density at radius 3 is 2.65 bits per heavy atom. The second-order valence-corrected chi connectivity index (χ2v) is 5.54. The van der Waals surface area contributed by atoms with Crippen LogP contribution in [0.1, 0.15) is 22.8 Å². The fourth-order valence-corrected chi connectivity index (χ4v) is 2.36. The minimum absolute atomic E-state index is 0.282. The predicted molar refractivity (Wildman–Crippen MR) is 85.8 cm³/mol. The Morgan fingerprint density at radius 2 is 1.96 bits per heavy atom. The molecule has 0 saturated carbocycles. The summed E-state index contributed by atoms with van der Waals surface area (Å²) in [5, 5.41) is 17.2. The first-order chi connectivity index (χ1) is 11.0. The van der Waals surface area contributed by atoms with Crippen LogP contribution in [0.25, 0.3) is 5.95 Å². The lowest BCUT2D eigenvalue weighted by Crippen LogP contribution is -2.08. The highest BCUT2D eigenvalue weighted by molar-refractivity contribution is 6.30. The number of aryl methyl sites for hydroxylation is 3. The van der Waals surface area contributed by atoms with Crippen LogP contribution >= 0.6 is 11.6 Å². The third-order valence-corrected chi connectivity index (χ3v) is 3.48. The van der Waals surface area contributed by atoms with Gasteiger partial charge in [0.1, 0.15) is 5.82 Å². The number of rotatable bonds is 3. The van der Waals surface area contributed by atoms with Crippen molar-refractivity contribution in [3.8, 4) is 5.95 Å². The highest BCUT2D eigenvalue weighted by atomic mass is 35.5. The zero-order valence-electron chi connectivity index (χ0n) is 12.8. The van der Waals surface area contributed by atoms with Gasteiger partial charge < -0.3 is 0 Å². The minimum atomic E-state index is -0.406. The van der Waals surface area contributed by atoms with Crippen molar-refractivity contribution in [1.82, 2.24) is 24.7 Å². The number of aromatic nitrogens is 5. The van der Waals surface area contributed by atoms with E-state index < -0.39 is 5.82 Å². The van der Waals surface area contributed by atoms with Crippen molar-refractivity contribution in [3.05, 3.63) is 57.9 Å². The van der Waals surface area contributed by atoms with Gasteiger partial charge in [0.25, 0.3) is 5.95 Å². The topological polar surface area (TPSA) is 60.9 Å². The Bertz CT molecular complexity index is 896. The van der Waals surface area contributed by atoms with Gasteiger partial charge in [-0.2, -0.15) is 14.9 Å². The van der Waals surface area contributed by atoms with Crippen LogP contribution in [0.2, 0.25) is 5.02 Å². The van der Waals surface area contributed by atoms with Gasteiger partial charge in [-0.05, 0) is 45.0 Å². The van der Waals surface area contributed by atoms with Gasteiger partial charge in [0.15, 0.2) is 5.82 Å². The normalized spacial score (nSPS) is 11.5. The molecule has 0 unspecified atom stereocenters. The summed E-state index contributed by atoms with van der Waals surface area (Å²) >= 11 is 5.89. The Labute approximate surface area is 137 Å². The molecule has 118 valence electrons. The molecule has 0 amide bonds. The van der Waals surface area contributed by atoms with Gasteiger partial charge in [0, 0.05) is 16.3 Å².